The molecular weight excluding hydrogens is 392 g/mol. The molecule has 2 aromatic carbocycles. The van der Waals surface area contributed by atoms with Crippen molar-refractivity contribution in [3.8, 4) is 0 Å². The van der Waals surface area contributed by atoms with Crippen molar-refractivity contribution >= 4 is 22.9 Å². The van der Waals surface area contributed by atoms with Gasteiger partial charge in [-0.3, -0.25) is 0 Å². The van der Waals surface area contributed by atoms with Crippen LogP contribution in [0.3, 0.4) is 0 Å². The Labute approximate surface area is 149 Å². The van der Waals surface area contributed by atoms with E-state index in [1.165, 1.54) is 0 Å². The van der Waals surface area contributed by atoms with Gasteiger partial charge in [0.05, 0.1) is 20.9 Å². The molecule has 8 heteroatoms. The van der Waals surface area contributed by atoms with E-state index in [-0.39, 0.29) is 0 Å². The Morgan fingerprint density at radius 3 is 0.643 bits per heavy atom. The van der Waals surface area contributed by atoms with Crippen LogP contribution in [-0.2, 0) is 0 Å². The van der Waals surface area contributed by atoms with E-state index in [1.807, 2.05) is 45.8 Å². The molecule has 136 valence electrons. The van der Waals surface area contributed by atoms with Gasteiger partial charge >= 0.3 is 0 Å². The monoisotopic (exact) mass is 392 g/mol. The summed E-state index contributed by atoms with van der Waals surface area (Å²) in [5, 5.41) is -3.95. The fourth-order valence-electron chi connectivity index (χ4n) is 2.11. The highest BCUT2D eigenvalue weighted by molar-refractivity contribution is 5.36. The molecule has 0 heterocycles. The van der Waals surface area contributed by atoms with E-state index < -0.39 is 67.4 Å². The van der Waals surface area contributed by atoms with Crippen LogP contribution in [0.15, 0.2) is 22.9 Å². The zero-order chi connectivity index (χ0) is 20.6. The summed E-state index contributed by atoms with van der Waals surface area (Å²) in [6.45, 7) is 0. The predicted octanol–water partition coefficient (Wildman–Crippen LogP) is 1.76. The van der Waals surface area contributed by atoms with Crippen molar-refractivity contribution in [3.05, 3.63) is 90.3 Å². The minimum Gasteiger partial charge on any atom is -0.202 e. The topological polar surface area (TPSA) is 0 Å². The zero-order valence-corrected chi connectivity index (χ0v) is 13.0. The lowest BCUT2D eigenvalue weighted by molar-refractivity contribution is 0.402. The molecule has 0 N–H and O–H groups in total. The van der Waals surface area contributed by atoms with Gasteiger partial charge in [0.15, 0.2) is 46.5 Å². The van der Waals surface area contributed by atoms with Crippen LogP contribution in [-0.4, -0.2) is 0 Å². The summed E-state index contributed by atoms with van der Waals surface area (Å²) >= 11 is 0. The number of rotatable bonds is 0. The SMILES string of the molecule is Fc1c(F)c(F)c2c(c1F)=C=C=C=C=c1c(F)c(F)c(F)c(F)c1=C=C=C=C=2. The van der Waals surface area contributed by atoms with E-state index in [0.29, 0.717) is 0 Å². The van der Waals surface area contributed by atoms with E-state index in [9.17, 15) is 35.1 Å². The van der Waals surface area contributed by atoms with Crippen LogP contribution in [0.5, 0.6) is 0 Å². The summed E-state index contributed by atoms with van der Waals surface area (Å²) in [6, 6.07) is 0. The number of hydrogen-bond acceptors (Lipinski definition) is 0. The van der Waals surface area contributed by atoms with Gasteiger partial charge in [0.1, 0.15) is 0 Å². The first-order chi connectivity index (χ1) is 13.3. The fraction of sp³-hybridized carbons (Fsp3) is 0. The second-order valence-corrected chi connectivity index (χ2v) is 5.01. The second-order valence-electron chi connectivity index (χ2n) is 5.01. The van der Waals surface area contributed by atoms with Crippen molar-refractivity contribution in [2.45, 2.75) is 0 Å². The van der Waals surface area contributed by atoms with Gasteiger partial charge < -0.3 is 0 Å². The third-order valence-corrected chi connectivity index (χ3v) is 3.41. The summed E-state index contributed by atoms with van der Waals surface area (Å²) in [6.07, 6.45) is 0. The first kappa shape index (κ1) is 18.9. The van der Waals surface area contributed by atoms with E-state index in [1.54, 1.807) is 0 Å². The van der Waals surface area contributed by atoms with Crippen molar-refractivity contribution in [1.82, 2.24) is 0 Å². The normalized spacial score (nSPS) is 10.9. The largest absolute Gasteiger partial charge is 0.202 e. The van der Waals surface area contributed by atoms with Crippen molar-refractivity contribution in [1.29, 1.82) is 0 Å². The van der Waals surface area contributed by atoms with Crippen LogP contribution >= 0.6 is 0 Å². The number of halogens is 8. The maximum Gasteiger partial charge on any atom is 0.198 e. The lowest BCUT2D eigenvalue weighted by Gasteiger charge is -1.97. The highest BCUT2D eigenvalue weighted by atomic mass is 19.2. The average molecular weight is 392 g/mol. The van der Waals surface area contributed by atoms with Gasteiger partial charge in [-0.1, -0.05) is 0 Å². The van der Waals surface area contributed by atoms with Gasteiger partial charge in [-0.25, -0.2) is 35.1 Å². The maximum atomic E-state index is 13.9. The summed E-state index contributed by atoms with van der Waals surface area (Å²) in [7, 11) is 0. The van der Waals surface area contributed by atoms with Crippen LogP contribution in [0.1, 0.15) is 0 Å². The molecule has 1 aliphatic rings. The predicted molar refractivity (Wildman–Crippen MR) is 78.7 cm³/mol. The molecule has 1 aliphatic carbocycles. The highest BCUT2D eigenvalue weighted by Gasteiger charge is 2.19. The van der Waals surface area contributed by atoms with Gasteiger partial charge in [-0.15, -0.1) is 0 Å². The molecule has 0 radical (unpaired) electrons. The van der Waals surface area contributed by atoms with Crippen LogP contribution in [0, 0.1) is 46.5 Å². The standard InChI is InChI=1S/C20F8/c21-13-9-5-1-2-6-10-12(16(24)20(28)18(26)14(10)22)8-4-3-7-11(9)15(23)19(27)17(13)25. The minimum atomic E-state index is -2.14. The number of fused-ring (bicyclic) bond motifs is 2. The van der Waals surface area contributed by atoms with Crippen LogP contribution in [0.4, 0.5) is 35.1 Å². The van der Waals surface area contributed by atoms with Gasteiger partial charge in [0, 0.05) is 0 Å². The van der Waals surface area contributed by atoms with E-state index >= 15 is 0 Å². The third-order valence-electron chi connectivity index (χ3n) is 3.41. The molecule has 2 aromatic rings. The van der Waals surface area contributed by atoms with Gasteiger partial charge in [-0.2, -0.15) is 0 Å². The summed E-state index contributed by atoms with van der Waals surface area (Å²) in [5.41, 5.74) is 14.9. The van der Waals surface area contributed by atoms with Crippen LogP contribution in [0.2, 0.25) is 0 Å². The Balaban J connectivity index is 2.87. The molecule has 0 fully saturated rings. The number of benzene rings is 2. The molecule has 0 aromatic heterocycles. The fourth-order valence-corrected chi connectivity index (χ4v) is 2.11. The van der Waals surface area contributed by atoms with E-state index in [0.717, 1.165) is 0 Å². The Hall–Kier alpha value is -3.88. The Morgan fingerprint density at radius 1 is 0.286 bits per heavy atom. The minimum absolute atomic E-state index is 0.988. The quantitative estimate of drug-likeness (QED) is 0.237. The van der Waals surface area contributed by atoms with Gasteiger partial charge in [0.25, 0.3) is 0 Å². The zero-order valence-electron chi connectivity index (χ0n) is 13.0. The second kappa shape index (κ2) is 7.03. The van der Waals surface area contributed by atoms with E-state index in [4.69, 9.17) is 0 Å². The van der Waals surface area contributed by atoms with Crippen molar-refractivity contribution in [2.24, 2.45) is 0 Å². The molecule has 0 saturated heterocycles. The maximum absolute atomic E-state index is 13.9. The molecule has 0 unspecified atom stereocenters. The smallest absolute Gasteiger partial charge is 0.198 e. The molecule has 0 aliphatic heterocycles. The molecule has 0 spiro atoms. The summed E-state index contributed by atoms with van der Waals surface area (Å²) < 4.78 is 109. The summed E-state index contributed by atoms with van der Waals surface area (Å²) in [4.78, 5) is 0. The Bertz CT molecular complexity index is 1330. The molecule has 0 bridgehead atoms. The first-order valence-electron chi connectivity index (χ1n) is 7.01. The number of hydrogen-bond donors (Lipinski definition) is 0. The molecule has 0 nitrogen and oxygen atoms in total. The van der Waals surface area contributed by atoms with Crippen molar-refractivity contribution in [3.63, 3.8) is 0 Å². The molecular formula is C20F8. The van der Waals surface area contributed by atoms with Crippen molar-refractivity contribution < 1.29 is 35.1 Å². The summed E-state index contributed by atoms with van der Waals surface area (Å²) in [5.74, 6) is -16.0. The Kier molecular flexibility index (Phi) is 4.74. The van der Waals surface area contributed by atoms with Crippen LogP contribution in [0.25, 0.3) is 22.9 Å². The lowest BCUT2D eigenvalue weighted by atomic mass is 10.2. The molecule has 28 heavy (non-hydrogen) atoms. The highest BCUT2D eigenvalue weighted by Crippen LogP contribution is 2.08. The van der Waals surface area contributed by atoms with Crippen molar-refractivity contribution in [2.75, 3.05) is 0 Å². The van der Waals surface area contributed by atoms with Gasteiger partial charge in [-0.05, 0) is 45.8 Å². The first-order valence-corrected chi connectivity index (χ1v) is 7.01. The Morgan fingerprint density at radius 2 is 0.464 bits per heavy atom. The average Bonchev–Trinajstić information content (AvgIpc) is 2.68. The molecule has 0 atom stereocenters. The van der Waals surface area contributed by atoms with Crippen LogP contribution < -0.4 is 20.9 Å². The molecule has 0 amide bonds. The molecule has 3 rings (SSSR count). The lowest BCUT2D eigenvalue weighted by Crippen LogP contribution is -2.33. The molecule has 0 saturated carbocycles. The van der Waals surface area contributed by atoms with Gasteiger partial charge in [0.2, 0.25) is 0 Å². The van der Waals surface area contributed by atoms with E-state index in [2.05, 4.69) is 0 Å². The third kappa shape index (κ3) is 2.92.